The summed E-state index contributed by atoms with van der Waals surface area (Å²) in [6.45, 7) is 5.57. The maximum absolute atomic E-state index is 12.8. The van der Waals surface area contributed by atoms with Gasteiger partial charge >= 0.3 is 0 Å². The van der Waals surface area contributed by atoms with E-state index in [2.05, 4.69) is 10.3 Å². The van der Waals surface area contributed by atoms with Crippen LogP contribution in [0.2, 0.25) is 15.1 Å². The second-order valence-electron chi connectivity index (χ2n) is 8.15. The third kappa shape index (κ3) is 5.59. The molecule has 0 spiro atoms. The van der Waals surface area contributed by atoms with Crippen LogP contribution in [0.1, 0.15) is 53.2 Å². The van der Waals surface area contributed by atoms with Crippen LogP contribution in [0.3, 0.4) is 0 Å². The Morgan fingerprint density at radius 2 is 1.72 bits per heavy atom. The molecule has 1 aromatic heterocycles. The van der Waals surface area contributed by atoms with E-state index in [-0.39, 0.29) is 27.1 Å². The molecule has 0 saturated heterocycles. The van der Waals surface area contributed by atoms with Gasteiger partial charge in [0.2, 0.25) is 6.54 Å². The van der Waals surface area contributed by atoms with Crippen molar-refractivity contribution in [1.29, 1.82) is 0 Å². The molecule has 1 atom stereocenters. The number of nitrogens with one attached hydrogen (secondary N) is 1. The molecule has 3 aromatic rings. The van der Waals surface area contributed by atoms with E-state index in [0.717, 1.165) is 5.56 Å². The number of aromatic nitrogens is 1. The molecule has 6 nitrogen and oxygen atoms in total. The van der Waals surface area contributed by atoms with Gasteiger partial charge < -0.3 is 0 Å². The Morgan fingerprint density at radius 1 is 1.12 bits per heavy atom. The summed E-state index contributed by atoms with van der Waals surface area (Å²) < 4.78 is 0. The van der Waals surface area contributed by atoms with Gasteiger partial charge in [-0.2, -0.15) is 0 Å². The number of hydrogen-bond acceptors (Lipinski definition) is 5. The van der Waals surface area contributed by atoms with E-state index in [9.17, 15) is 14.9 Å². The predicted molar refractivity (Wildman–Crippen MR) is 130 cm³/mol. The van der Waals surface area contributed by atoms with Crippen molar-refractivity contribution in [2.75, 3.05) is 11.9 Å². The number of nitro groups is 1. The van der Waals surface area contributed by atoms with E-state index in [1.54, 1.807) is 42.5 Å². The van der Waals surface area contributed by atoms with Crippen LogP contribution in [0.15, 0.2) is 42.5 Å². The fourth-order valence-corrected chi connectivity index (χ4v) is 5.20. The van der Waals surface area contributed by atoms with Crippen LogP contribution >= 0.6 is 46.1 Å². The number of thiazole rings is 1. The molecule has 1 unspecified atom stereocenters. The Bertz CT molecular complexity index is 1140. The summed E-state index contributed by atoms with van der Waals surface area (Å²) in [4.78, 5) is 29.3. The van der Waals surface area contributed by atoms with Crippen molar-refractivity contribution in [2.24, 2.45) is 0 Å². The molecule has 1 heterocycles. The second-order valence-corrected chi connectivity index (χ2v) is 10.4. The lowest BCUT2D eigenvalue weighted by Gasteiger charge is -2.21. The van der Waals surface area contributed by atoms with Crippen LogP contribution in [0.5, 0.6) is 0 Å². The second kappa shape index (κ2) is 9.75. The van der Waals surface area contributed by atoms with Gasteiger partial charge in [-0.05, 0) is 29.8 Å². The molecule has 1 amide bonds. The predicted octanol–water partition coefficient (Wildman–Crippen LogP) is 7.06. The van der Waals surface area contributed by atoms with Crippen LogP contribution in [-0.2, 0) is 5.41 Å². The topological polar surface area (TPSA) is 85.1 Å². The molecular formula is C22H20Cl3N3O3S. The molecule has 1 N–H and O–H groups in total. The molecule has 0 aliphatic carbocycles. The van der Waals surface area contributed by atoms with Crippen LogP contribution in [0, 0.1) is 10.1 Å². The summed E-state index contributed by atoms with van der Waals surface area (Å²) in [6.07, 6.45) is 0. The van der Waals surface area contributed by atoms with E-state index in [1.165, 1.54) is 11.3 Å². The number of halogens is 3. The van der Waals surface area contributed by atoms with Gasteiger partial charge in [0, 0.05) is 20.2 Å². The Balaban J connectivity index is 2.06. The molecule has 2 aromatic carbocycles. The van der Waals surface area contributed by atoms with Crippen LogP contribution < -0.4 is 5.32 Å². The average molecular weight is 513 g/mol. The molecule has 0 aliphatic heterocycles. The average Bonchev–Trinajstić information content (AvgIpc) is 3.10. The summed E-state index contributed by atoms with van der Waals surface area (Å²) in [5, 5.41) is 15.5. The number of rotatable bonds is 6. The molecule has 0 aliphatic rings. The number of carbonyl (C=O) groups is 1. The van der Waals surface area contributed by atoms with E-state index < -0.39 is 17.2 Å². The molecule has 168 valence electrons. The quantitative estimate of drug-likeness (QED) is 0.283. The number of anilines is 1. The lowest BCUT2D eigenvalue weighted by molar-refractivity contribution is -0.481. The zero-order valence-corrected chi connectivity index (χ0v) is 20.6. The number of amides is 1. The minimum Gasteiger partial charge on any atom is -0.298 e. The number of nitrogens with zero attached hydrogens (tertiary/aromatic N) is 2. The van der Waals surface area contributed by atoms with Crippen molar-refractivity contribution in [2.45, 2.75) is 32.1 Å². The minimum atomic E-state index is -0.552. The van der Waals surface area contributed by atoms with Gasteiger partial charge in [-0.15, -0.1) is 11.3 Å². The lowest BCUT2D eigenvalue weighted by Crippen LogP contribution is -2.20. The maximum Gasteiger partial charge on any atom is 0.260 e. The highest BCUT2D eigenvalue weighted by molar-refractivity contribution is 7.16. The summed E-state index contributed by atoms with van der Waals surface area (Å²) in [7, 11) is 0. The van der Waals surface area contributed by atoms with Gasteiger partial charge in [0.1, 0.15) is 0 Å². The van der Waals surface area contributed by atoms with Crippen molar-refractivity contribution >= 4 is 57.2 Å². The monoisotopic (exact) mass is 511 g/mol. The van der Waals surface area contributed by atoms with Crippen molar-refractivity contribution in [3.8, 4) is 0 Å². The van der Waals surface area contributed by atoms with Gasteiger partial charge in [-0.1, -0.05) is 73.8 Å². The first-order valence-electron chi connectivity index (χ1n) is 9.61. The molecule has 0 radical (unpaired) electrons. The molecule has 0 saturated carbocycles. The van der Waals surface area contributed by atoms with Crippen molar-refractivity contribution in [1.82, 2.24) is 4.98 Å². The van der Waals surface area contributed by atoms with E-state index in [0.29, 0.717) is 20.7 Å². The molecule has 10 heteroatoms. The molecule has 3 rings (SSSR count). The van der Waals surface area contributed by atoms with Crippen LogP contribution in [0.25, 0.3) is 0 Å². The van der Waals surface area contributed by atoms with Crippen molar-refractivity contribution in [3.63, 3.8) is 0 Å². The third-order valence-electron chi connectivity index (χ3n) is 4.69. The molecular weight excluding hydrogens is 493 g/mol. The first-order valence-corrected chi connectivity index (χ1v) is 11.6. The first-order chi connectivity index (χ1) is 15.0. The fraction of sp³-hybridized carbons (Fsp3) is 0.273. The summed E-state index contributed by atoms with van der Waals surface area (Å²) in [6, 6.07) is 11.7. The Morgan fingerprint density at radius 3 is 2.25 bits per heavy atom. The third-order valence-corrected chi connectivity index (χ3v) is 6.66. The highest BCUT2D eigenvalue weighted by Gasteiger charge is 2.32. The summed E-state index contributed by atoms with van der Waals surface area (Å²) in [5.41, 5.74) is 1.14. The highest BCUT2D eigenvalue weighted by Crippen LogP contribution is 2.40. The first kappa shape index (κ1) is 24.5. The fourth-order valence-electron chi connectivity index (χ4n) is 3.22. The Kier molecular flexibility index (Phi) is 7.45. The van der Waals surface area contributed by atoms with Crippen LogP contribution in [-0.4, -0.2) is 22.4 Å². The molecule has 32 heavy (non-hydrogen) atoms. The van der Waals surface area contributed by atoms with Gasteiger partial charge in [0.05, 0.1) is 27.2 Å². The highest BCUT2D eigenvalue weighted by atomic mass is 35.5. The largest absolute Gasteiger partial charge is 0.298 e. The molecule has 0 bridgehead atoms. The summed E-state index contributed by atoms with van der Waals surface area (Å²) >= 11 is 19.5. The normalized spacial score (nSPS) is 12.4. The van der Waals surface area contributed by atoms with Gasteiger partial charge in [0.15, 0.2) is 5.13 Å². The van der Waals surface area contributed by atoms with Gasteiger partial charge in [0.25, 0.3) is 5.91 Å². The van der Waals surface area contributed by atoms with E-state index in [4.69, 9.17) is 34.8 Å². The van der Waals surface area contributed by atoms with Crippen molar-refractivity contribution < 1.29 is 9.72 Å². The number of benzene rings is 2. The van der Waals surface area contributed by atoms with E-state index >= 15 is 0 Å². The number of hydrogen-bond donors (Lipinski definition) is 1. The van der Waals surface area contributed by atoms with Crippen molar-refractivity contribution in [3.05, 3.63) is 89.3 Å². The van der Waals surface area contributed by atoms with E-state index in [1.807, 2.05) is 20.8 Å². The smallest absolute Gasteiger partial charge is 0.260 e. The lowest BCUT2D eigenvalue weighted by atomic mass is 9.86. The SMILES string of the molecule is CC(C)(C)c1nc(NC(=O)c2c(Cl)cccc2Cl)sc1C(C[N+](=O)[O-])c1ccc(Cl)cc1. The van der Waals surface area contributed by atoms with Gasteiger partial charge in [-0.3, -0.25) is 20.2 Å². The Hall–Kier alpha value is -2.19. The van der Waals surface area contributed by atoms with Gasteiger partial charge in [-0.25, -0.2) is 4.98 Å². The zero-order valence-electron chi connectivity index (χ0n) is 17.5. The Labute approximate surface area is 204 Å². The zero-order chi connectivity index (χ0) is 23.6. The minimum absolute atomic E-state index is 0.143. The summed E-state index contributed by atoms with van der Waals surface area (Å²) in [5.74, 6) is -1.05. The standard InChI is InChI=1S/C22H20Cl3N3O3S/c1-22(2,3)19-18(14(11-28(30)31)12-7-9-13(23)10-8-12)32-21(26-19)27-20(29)17-15(24)5-4-6-16(17)25/h4-10,14H,11H2,1-3H3,(H,26,27,29). The molecule has 0 fully saturated rings. The number of carbonyl (C=O) groups excluding carboxylic acids is 1. The van der Waals surface area contributed by atoms with Crippen LogP contribution in [0.4, 0.5) is 5.13 Å². The maximum atomic E-state index is 12.8.